The van der Waals surface area contributed by atoms with Gasteiger partial charge in [-0.3, -0.25) is 9.89 Å². The number of aliphatic imine (C=N–C) groups is 1. The highest BCUT2D eigenvalue weighted by Crippen LogP contribution is 2.23. The highest BCUT2D eigenvalue weighted by molar-refractivity contribution is 6.30. The molecule has 1 fully saturated rings. The van der Waals surface area contributed by atoms with Gasteiger partial charge in [-0.05, 0) is 29.8 Å². The van der Waals surface area contributed by atoms with Crippen LogP contribution >= 0.6 is 11.6 Å². The van der Waals surface area contributed by atoms with Crippen LogP contribution in [0.4, 0.5) is 0 Å². The Balaban J connectivity index is 1.58. The molecular formula is C20H27ClN4O2. The first-order valence-corrected chi connectivity index (χ1v) is 9.68. The third kappa shape index (κ3) is 5.99. The summed E-state index contributed by atoms with van der Waals surface area (Å²) < 4.78 is 10.9. The molecule has 7 heteroatoms. The summed E-state index contributed by atoms with van der Waals surface area (Å²) in [5.41, 5.74) is 1.20. The molecule has 3 rings (SSSR count). The van der Waals surface area contributed by atoms with Crippen molar-refractivity contribution in [3.8, 4) is 0 Å². The van der Waals surface area contributed by atoms with Crippen LogP contribution in [0.15, 0.2) is 52.1 Å². The molecule has 1 aliphatic rings. The first-order valence-electron chi connectivity index (χ1n) is 9.30. The largest absolute Gasteiger partial charge is 0.469 e. The Bertz CT molecular complexity index is 715. The Morgan fingerprint density at radius 2 is 2.07 bits per heavy atom. The quantitative estimate of drug-likeness (QED) is 0.562. The molecule has 2 heterocycles. The van der Waals surface area contributed by atoms with Crippen LogP contribution < -0.4 is 10.6 Å². The van der Waals surface area contributed by atoms with Crippen molar-refractivity contribution in [1.29, 1.82) is 0 Å². The number of benzene rings is 1. The van der Waals surface area contributed by atoms with E-state index in [0.717, 1.165) is 62.6 Å². The lowest BCUT2D eigenvalue weighted by molar-refractivity contribution is 0.0170. The molecule has 1 aromatic carbocycles. The van der Waals surface area contributed by atoms with Gasteiger partial charge in [0.25, 0.3) is 0 Å². The summed E-state index contributed by atoms with van der Waals surface area (Å²) in [7, 11) is 1.78. The van der Waals surface area contributed by atoms with Crippen molar-refractivity contribution in [2.24, 2.45) is 4.99 Å². The number of morpholine rings is 1. The summed E-state index contributed by atoms with van der Waals surface area (Å²) in [6.45, 7) is 4.82. The Morgan fingerprint density at radius 1 is 1.22 bits per heavy atom. The molecule has 0 spiro atoms. The van der Waals surface area contributed by atoms with Gasteiger partial charge in [-0.25, -0.2) is 0 Å². The van der Waals surface area contributed by atoms with Crippen LogP contribution in [-0.2, 0) is 11.2 Å². The van der Waals surface area contributed by atoms with Crippen molar-refractivity contribution in [2.75, 3.05) is 46.4 Å². The molecule has 1 saturated heterocycles. The summed E-state index contributed by atoms with van der Waals surface area (Å²) in [5, 5.41) is 7.54. The number of hydrogen-bond donors (Lipinski definition) is 2. The van der Waals surface area contributed by atoms with Crippen LogP contribution in [0.5, 0.6) is 0 Å². The van der Waals surface area contributed by atoms with E-state index >= 15 is 0 Å². The molecule has 1 aliphatic heterocycles. The lowest BCUT2D eigenvalue weighted by atomic mass is 10.0. The molecule has 0 bridgehead atoms. The number of halogens is 1. The Labute approximate surface area is 165 Å². The van der Waals surface area contributed by atoms with Gasteiger partial charge < -0.3 is 19.8 Å². The lowest BCUT2D eigenvalue weighted by Gasteiger charge is -2.35. The van der Waals surface area contributed by atoms with Crippen molar-refractivity contribution in [3.05, 3.63) is 59.0 Å². The molecule has 0 radical (unpaired) electrons. The summed E-state index contributed by atoms with van der Waals surface area (Å²) in [6.07, 6.45) is 2.51. The molecule has 1 unspecified atom stereocenters. The Kier molecular flexibility index (Phi) is 7.56. The average Bonchev–Trinajstić information content (AvgIpc) is 3.21. The molecule has 0 saturated carbocycles. The minimum absolute atomic E-state index is 0.205. The van der Waals surface area contributed by atoms with Gasteiger partial charge >= 0.3 is 0 Å². The number of nitrogens with one attached hydrogen (secondary N) is 2. The van der Waals surface area contributed by atoms with Gasteiger partial charge in [-0.15, -0.1) is 0 Å². The first kappa shape index (κ1) is 19.7. The standard InChI is InChI=1S/C20H27ClN4O2/c1-22-20(23-8-7-18-6-3-11-27-18)24-15-19(25-9-12-26-13-10-25)16-4-2-5-17(21)14-16/h2-6,11,14,19H,7-10,12-13,15H2,1H3,(H2,22,23,24). The van der Waals surface area contributed by atoms with E-state index in [2.05, 4.69) is 26.6 Å². The third-order valence-electron chi connectivity index (χ3n) is 4.65. The third-order valence-corrected chi connectivity index (χ3v) is 4.89. The van der Waals surface area contributed by atoms with Gasteiger partial charge in [0.2, 0.25) is 0 Å². The predicted molar refractivity (Wildman–Crippen MR) is 108 cm³/mol. The van der Waals surface area contributed by atoms with E-state index in [-0.39, 0.29) is 6.04 Å². The molecule has 0 amide bonds. The maximum Gasteiger partial charge on any atom is 0.191 e. The minimum atomic E-state index is 0.205. The van der Waals surface area contributed by atoms with Crippen LogP contribution in [0, 0.1) is 0 Å². The molecule has 2 N–H and O–H groups in total. The van der Waals surface area contributed by atoms with Gasteiger partial charge in [0, 0.05) is 44.7 Å². The fraction of sp³-hybridized carbons (Fsp3) is 0.450. The number of guanidine groups is 1. The molecule has 146 valence electrons. The summed E-state index contributed by atoms with van der Waals surface area (Å²) in [6, 6.07) is 12.2. The maximum atomic E-state index is 6.23. The monoisotopic (exact) mass is 390 g/mol. The zero-order valence-electron chi connectivity index (χ0n) is 15.7. The zero-order valence-corrected chi connectivity index (χ0v) is 16.4. The van der Waals surface area contributed by atoms with E-state index < -0.39 is 0 Å². The smallest absolute Gasteiger partial charge is 0.191 e. The van der Waals surface area contributed by atoms with E-state index in [4.69, 9.17) is 20.8 Å². The molecule has 27 heavy (non-hydrogen) atoms. The van der Waals surface area contributed by atoms with Gasteiger partial charge in [-0.2, -0.15) is 0 Å². The highest BCUT2D eigenvalue weighted by Gasteiger charge is 2.23. The van der Waals surface area contributed by atoms with Crippen LogP contribution in [-0.4, -0.2) is 57.3 Å². The Morgan fingerprint density at radius 3 is 2.78 bits per heavy atom. The van der Waals surface area contributed by atoms with Crippen molar-refractivity contribution >= 4 is 17.6 Å². The summed E-state index contributed by atoms with van der Waals surface area (Å²) in [5.74, 6) is 1.74. The van der Waals surface area contributed by atoms with Crippen LogP contribution in [0.2, 0.25) is 5.02 Å². The van der Waals surface area contributed by atoms with Crippen LogP contribution in [0.1, 0.15) is 17.4 Å². The molecule has 0 aliphatic carbocycles. The number of rotatable bonds is 7. The van der Waals surface area contributed by atoms with Crippen molar-refractivity contribution in [1.82, 2.24) is 15.5 Å². The number of hydrogen-bond acceptors (Lipinski definition) is 4. The summed E-state index contributed by atoms with van der Waals surface area (Å²) >= 11 is 6.23. The van der Waals surface area contributed by atoms with E-state index in [1.165, 1.54) is 5.56 Å². The van der Waals surface area contributed by atoms with Crippen molar-refractivity contribution in [3.63, 3.8) is 0 Å². The van der Waals surface area contributed by atoms with Gasteiger partial charge in [0.05, 0.1) is 25.5 Å². The normalized spacial score (nSPS) is 16.9. The number of furan rings is 1. The summed E-state index contributed by atoms with van der Waals surface area (Å²) in [4.78, 5) is 6.76. The van der Waals surface area contributed by atoms with Gasteiger partial charge in [0.1, 0.15) is 5.76 Å². The topological polar surface area (TPSA) is 62.0 Å². The van der Waals surface area contributed by atoms with Crippen LogP contribution in [0.25, 0.3) is 0 Å². The SMILES string of the molecule is CN=C(NCCc1ccco1)NCC(c1cccc(Cl)c1)N1CCOCC1. The molecule has 1 atom stereocenters. The molecule has 2 aromatic rings. The van der Waals surface area contributed by atoms with Gasteiger partial charge in [0.15, 0.2) is 5.96 Å². The second-order valence-electron chi connectivity index (χ2n) is 6.43. The fourth-order valence-electron chi connectivity index (χ4n) is 3.23. The van der Waals surface area contributed by atoms with Crippen molar-refractivity contribution < 1.29 is 9.15 Å². The number of ether oxygens (including phenoxy) is 1. The maximum absolute atomic E-state index is 6.23. The van der Waals surface area contributed by atoms with E-state index in [0.29, 0.717) is 0 Å². The highest BCUT2D eigenvalue weighted by atomic mass is 35.5. The number of nitrogens with zero attached hydrogens (tertiary/aromatic N) is 2. The molecular weight excluding hydrogens is 364 g/mol. The van der Waals surface area contributed by atoms with E-state index in [9.17, 15) is 0 Å². The average molecular weight is 391 g/mol. The first-order chi connectivity index (χ1) is 13.3. The molecule has 6 nitrogen and oxygen atoms in total. The van der Waals surface area contributed by atoms with E-state index in [1.807, 2.05) is 30.3 Å². The minimum Gasteiger partial charge on any atom is -0.469 e. The zero-order chi connectivity index (χ0) is 18.9. The predicted octanol–water partition coefficient (Wildman–Crippen LogP) is 2.71. The van der Waals surface area contributed by atoms with Gasteiger partial charge in [-0.1, -0.05) is 23.7 Å². The molecule has 1 aromatic heterocycles. The second-order valence-corrected chi connectivity index (χ2v) is 6.86. The second kappa shape index (κ2) is 10.3. The van der Waals surface area contributed by atoms with Crippen molar-refractivity contribution in [2.45, 2.75) is 12.5 Å². The van der Waals surface area contributed by atoms with Crippen LogP contribution in [0.3, 0.4) is 0 Å². The lowest BCUT2D eigenvalue weighted by Crippen LogP contribution is -2.46. The van der Waals surface area contributed by atoms with E-state index in [1.54, 1.807) is 13.3 Å². The fourth-order valence-corrected chi connectivity index (χ4v) is 3.43. The Hall–Kier alpha value is -2.02.